The SMILES string of the molecule is Cc1cc2c3c(c1)N(c1ccc(-c4cccc5oc6ccccc6c45)cc1)c1cc(C(C)(C)C)ccc1B3c1cc(C(C)(C)C)ccc1N2c1ccc2c(c1)C(C)(C)c1ccccc1-2. The molecule has 0 fully saturated rings. The maximum atomic E-state index is 6.32. The van der Waals surface area contributed by atoms with Gasteiger partial charge in [0, 0.05) is 50.3 Å². The van der Waals surface area contributed by atoms with Crippen molar-refractivity contribution in [1.82, 2.24) is 0 Å². The highest BCUT2D eigenvalue weighted by molar-refractivity contribution is 7.00. The number of fused-ring (bicyclic) bond motifs is 10. The molecule has 0 radical (unpaired) electrons. The van der Waals surface area contributed by atoms with Gasteiger partial charge >= 0.3 is 0 Å². The highest BCUT2D eigenvalue weighted by Gasteiger charge is 2.45. The summed E-state index contributed by atoms with van der Waals surface area (Å²) in [7, 11) is 0. The van der Waals surface area contributed by atoms with Gasteiger partial charge < -0.3 is 14.2 Å². The molecule has 0 N–H and O–H groups in total. The maximum absolute atomic E-state index is 6.32. The Morgan fingerprint density at radius 2 is 1.11 bits per heavy atom. The minimum absolute atomic E-state index is 0.0198. The number of hydrogen-bond acceptors (Lipinski definition) is 3. The molecule has 0 amide bonds. The van der Waals surface area contributed by atoms with E-state index >= 15 is 0 Å². The molecule has 0 atom stereocenters. The number of benzene rings is 8. The molecule has 3 nitrogen and oxygen atoms in total. The topological polar surface area (TPSA) is 19.6 Å². The van der Waals surface area contributed by atoms with E-state index in [2.05, 4.69) is 224 Å². The third kappa shape index (κ3) is 5.60. The summed E-state index contributed by atoms with van der Waals surface area (Å²) in [6.45, 7) is 21.1. The first-order valence-electron chi connectivity index (χ1n) is 23.0. The maximum Gasteiger partial charge on any atom is 0.252 e. The van der Waals surface area contributed by atoms with Crippen molar-refractivity contribution < 1.29 is 4.42 Å². The minimum Gasteiger partial charge on any atom is -0.456 e. The Morgan fingerprint density at radius 3 is 1.88 bits per heavy atom. The summed E-state index contributed by atoms with van der Waals surface area (Å²) in [5, 5.41) is 2.30. The number of nitrogens with zero attached hydrogens (tertiary/aromatic N) is 2. The van der Waals surface area contributed by atoms with Crippen molar-refractivity contribution in [3.05, 3.63) is 186 Å². The standard InChI is InChI=1S/C60H53BN2O/c1-36-31-52-57-53(32-36)63(41-27-28-44-43-15-10-12-18-46(43)60(8,9)47(44)35-41)50-30-24-38(58(2,3)4)33-49(50)61(57)48-29-23-39(59(5,6)7)34-51(48)62(52)40-25-21-37(22-26-40)42-17-14-20-55-56(42)45-16-11-13-19-54(45)64-55/h10-35H,1-9H3. The van der Waals surface area contributed by atoms with Crippen LogP contribution in [0.25, 0.3) is 44.2 Å². The largest absolute Gasteiger partial charge is 0.456 e. The fourth-order valence-electron chi connectivity index (χ4n) is 11.3. The van der Waals surface area contributed by atoms with Crippen LogP contribution in [0.1, 0.15) is 83.2 Å². The first kappa shape index (κ1) is 38.9. The lowest BCUT2D eigenvalue weighted by Gasteiger charge is -2.45. The van der Waals surface area contributed by atoms with E-state index in [1.807, 2.05) is 6.07 Å². The second-order valence-corrected chi connectivity index (χ2v) is 21.1. The molecule has 9 aromatic rings. The van der Waals surface area contributed by atoms with Crippen LogP contribution >= 0.6 is 0 Å². The highest BCUT2D eigenvalue weighted by atomic mass is 16.3. The van der Waals surface area contributed by atoms with Crippen molar-refractivity contribution in [3.8, 4) is 22.3 Å². The third-order valence-corrected chi connectivity index (χ3v) is 14.6. The van der Waals surface area contributed by atoms with Gasteiger partial charge in [-0.15, -0.1) is 0 Å². The fraction of sp³-hybridized carbons (Fsp3) is 0.200. The molecule has 312 valence electrons. The zero-order chi connectivity index (χ0) is 44.0. The van der Waals surface area contributed by atoms with Crippen LogP contribution in [0.2, 0.25) is 0 Å². The molecule has 0 saturated heterocycles. The smallest absolute Gasteiger partial charge is 0.252 e. The second-order valence-electron chi connectivity index (χ2n) is 21.1. The molecule has 0 unspecified atom stereocenters. The third-order valence-electron chi connectivity index (χ3n) is 14.6. The van der Waals surface area contributed by atoms with E-state index in [0.29, 0.717) is 0 Å². The van der Waals surface area contributed by atoms with E-state index in [0.717, 1.165) is 27.6 Å². The zero-order valence-corrected chi connectivity index (χ0v) is 38.4. The van der Waals surface area contributed by atoms with Gasteiger partial charge in [0.15, 0.2) is 0 Å². The van der Waals surface area contributed by atoms with Crippen LogP contribution < -0.4 is 26.2 Å². The summed E-state index contributed by atoms with van der Waals surface area (Å²) in [6.07, 6.45) is 0. The summed E-state index contributed by atoms with van der Waals surface area (Å²) in [5.41, 5.74) is 24.7. The molecule has 1 aliphatic carbocycles. The molecule has 0 bridgehead atoms. The number of rotatable bonds is 3. The summed E-state index contributed by atoms with van der Waals surface area (Å²) in [6, 6.07) is 59.7. The normalized spacial score (nSPS) is 14.7. The van der Waals surface area contributed by atoms with Gasteiger partial charge in [-0.25, -0.2) is 0 Å². The van der Waals surface area contributed by atoms with Gasteiger partial charge in [-0.1, -0.05) is 152 Å². The summed E-state index contributed by atoms with van der Waals surface area (Å²) < 4.78 is 6.32. The number of furan rings is 1. The Morgan fingerprint density at radius 1 is 0.484 bits per heavy atom. The van der Waals surface area contributed by atoms with E-state index in [1.165, 1.54) is 94.9 Å². The Labute approximate surface area is 378 Å². The van der Waals surface area contributed by atoms with E-state index in [4.69, 9.17) is 4.42 Å². The fourth-order valence-corrected chi connectivity index (χ4v) is 11.3. The molecule has 0 spiro atoms. The monoisotopic (exact) mass is 828 g/mol. The molecule has 4 heteroatoms. The van der Waals surface area contributed by atoms with Crippen molar-refractivity contribution in [1.29, 1.82) is 0 Å². The highest BCUT2D eigenvalue weighted by Crippen LogP contribution is 2.52. The number of hydrogen-bond donors (Lipinski definition) is 0. The molecule has 12 rings (SSSR count). The lowest BCUT2D eigenvalue weighted by Crippen LogP contribution is -2.61. The number of aryl methyl sites for hydroxylation is 1. The van der Waals surface area contributed by atoms with Gasteiger partial charge in [0.2, 0.25) is 0 Å². The first-order chi connectivity index (χ1) is 30.7. The predicted molar refractivity (Wildman–Crippen MR) is 273 cm³/mol. The van der Waals surface area contributed by atoms with Gasteiger partial charge in [-0.2, -0.15) is 0 Å². The van der Waals surface area contributed by atoms with Crippen LogP contribution in [0.3, 0.4) is 0 Å². The second kappa shape index (κ2) is 13.4. The van der Waals surface area contributed by atoms with Crippen LogP contribution in [-0.4, -0.2) is 6.71 Å². The van der Waals surface area contributed by atoms with Crippen LogP contribution in [0.4, 0.5) is 34.1 Å². The Balaban J connectivity index is 1.10. The number of para-hydroxylation sites is 1. The summed E-state index contributed by atoms with van der Waals surface area (Å²) in [4.78, 5) is 5.14. The van der Waals surface area contributed by atoms with Crippen molar-refractivity contribution >= 4 is 79.2 Å². The van der Waals surface area contributed by atoms with Crippen LogP contribution in [-0.2, 0) is 16.2 Å². The molecule has 1 aromatic heterocycles. The zero-order valence-electron chi connectivity index (χ0n) is 38.4. The molecule has 8 aromatic carbocycles. The molecular weight excluding hydrogens is 775 g/mol. The Kier molecular flexibility index (Phi) is 8.12. The molecular formula is C60H53BN2O. The predicted octanol–water partition coefficient (Wildman–Crippen LogP) is 14.5. The van der Waals surface area contributed by atoms with Crippen LogP contribution in [0, 0.1) is 6.92 Å². The molecule has 2 aliphatic heterocycles. The van der Waals surface area contributed by atoms with Gasteiger partial charge in [-0.05, 0) is 145 Å². The molecule has 3 heterocycles. The molecule has 64 heavy (non-hydrogen) atoms. The lowest BCUT2D eigenvalue weighted by atomic mass is 9.33. The first-order valence-corrected chi connectivity index (χ1v) is 23.0. The van der Waals surface area contributed by atoms with Gasteiger partial charge in [0.1, 0.15) is 11.2 Å². The number of anilines is 6. The molecule has 3 aliphatic rings. The van der Waals surface area contributed by atoms with E-state index in [-0.39, 0.29) is 23.0 Å². The van der Waals surface area contributed by atoms with Crippen LogP contribution in [0.15, 0.2) is 162 Å². The van der Waals surface area contributed by atoms with E-state index < -0.39 is 0 Å². The Bertz CT molecular complexity index is 3410. The van der Waals surface area contributed by atoms with E-state index in [9.17, 15) is 0 Å². The average Bonchev–Trinajstić information content (AvgIpc) is 3.77. The van der Waals surface area contributed by atoms with Crippen molar-refractivity contribution in [2.75, 3.05) is 9.80 Å². The summed E-state index contributed by atoms with van der Waals surface area (Å²) >= 11 is 0. The minimum atomic E-state index is -0.117. The van der Waals surface area contributed by atoms with Crippen molar-refractivity contribution in [2.24, 2.45) is 0 Å². The van der Waals surface area contributed by atoms with E-state index in [1.54, 1.807) is 0 Å². The van der Waals surface area contributed by atoms with Crippen LogP contribution in [0.5, 0.6) is 0 Å². The lowest BCUT2D eigenvalue weighted by molar-refractivity contribution is 0.590. The van der Waals surface area contributed by atoms with Crippen molar-refractivity contribution in [3.63, 3.8) is 0 Å². The van der Waals surface area contributed by atoms with Gasteiger partial charge in [-0.3, -0.25) is 0 Å². The van der Waals surface area contributed by atoms with Gasteiger partial charge in [0.05, 0.1) is 0 Å². The molecule has 0 saturated carbocycles. The Hall–Kier alpha value is -6.78. The average molecular weight is 829 g/mol. The summed E-state index contributed by atoms with van der Waals surface area (Å²) in [5.74, 6) is 0. The van der Waals surface area contributed by atoms with Gasteiger partial charge in [0.25, 0.3) is 6.71 Å². The quantitative estimate of drug-likeness (QED) is 0.165. The van der Waals surface area contributed by atoms with Crippen molar-refractivity contribution in [2.45, 2.75) is 78.6 Å².